The summed E-state index contributed by atoms with van der Waals surface area (Å²) in [5.74, 6) is -0.476. The van der Waals surface area contributed by atoms with Crippen molar-refractivity contribution in [1.29, 1.82) is 0 Å². The van der Waals surface area contributed by atoms with Gasteiger partial charge in [0.15, 0.2) is 0 Å². The van der Waals surface area contributed by atoms with E-state index in [1.807, 2.05) is 6.92 Å². The molecule has 0 aliphatic rings. The van der Waals surface area contributed by atoms with Crippen LogP contribution in [0.4, 0.5) is 0 Å². The Balaban J connectivity index is 0. The van der Waals surface area contributed by atoms with Crippen LogP contribution in [0, 0.1) is 13.5 Å². The van der Waals surface area contributed by atoms with Crippen molar-refractivity contribution >= 4 is 9.84 Å². The molecule has 0 saturated carbocycles. The summed E-state index contributed by atoms with van der Waals surface area (Å²) in [5, 5.41) is 0. The second-order valence-electron chi connectivity index (χ2n) is 2.72. The average molecular weight is 219 g/mol. The molecule has 5 heteroatoms. The zero-order chi connectivity index (χ0) is 9.90. The second-order valence-corrected chi connectivity index (χ2v) is 4.67. The summed E-state index contributed by atoms with van der Waals surface area (Å²) >= 11 is 0. The molecule has 70 valence electrons. The first-order valence-corrected chi connectivity index (χ1v) is 5.34. The van der Waals surface area contributed by atoms with E-state index in [2.05, 4.69) is 4.85 Å². The number of sulfone groups is 1. The van der Waals surface area contributed by atoms with Crippen LogP contribution < -0.4 is 29.6 Å². The Morgan fingerprint density at radius 1 is 1.36 bits per heavy atom. The fraction of sp³-hybridized carbons (Fsp3) is 0.222. The van der Waals surface area contributed by atoms with Gasteiger partial charge in [0.2, 0.25) is 0 Å². The van der Waals surface area contributed by atoms with Crippen LogP contribution in [0.2, 0.25) is 0 Å². The molecule has 0 heterocycles. The van der Waals surface area contributed by atoms with Crippen LogP contribution in [0.1, 0.15) is 6.99 Å². The Bertz CT molecular complexity index is 436. The maximum Gasteiger partial charge on any atom is 1.00 e. The van der Waals surface area contributed by atoms with Crippen molar-refractivity contribution in [3.63, 3.8) is 0 Å². The molecule has 0 bridgehead atoms. The van der Waals surface area contributed by atoms with Gasteiger partial charge in [-0.2, -0.15) is 0 Å². The topological polar surface area (TPSA) is 38.5 Å². The van der Waals surface area contributed by atoms with Crippen LogP contribution in [0.3, 0.4) is 0 Å². The number of hydrogen-bond acceptors (Lipinski definition) is 2. The van der Waals surface area contributed by atoms with Crippen LogP contribution in [0.15, 0.2) is 29.2 Å². The molecule has 1 aromatic rings. The molecule has 1 aromatic carbocycles. The van der Waals surface area contributed by atoms with Gasteiger partial charge in [-0.15, -0.1) is 0 Å². The third-order valence-corrected chi connectivity index (χ3v) is 3.07. The number of benzene rings is 1. The van der Waals surface area contributed by atoms with Gasteiger partial charge in [0, 0.05) is 0 Å². The third kappa shape index (κ3) is 3.43. The van der Waals surface area contributed by atoms with Gasteiger partial charge in [0.05, 0.1) is 4.90 Å². The summed E-state index contributed by atoms with van der Waals surface area (Å²) in [4.78, 5) is 3.08. The van der Waals surface area contributed by atoms with Gasteiger partial charge in [-0.3, -0.25) is 4.85 Å². The molecule has 1 rings (SSSR count). The number of rotatable bonds is 2. The van der Waals surface area contributed by atoms with Crippen molar-refractivity contribution in [2.45, 2.75) is 11.8 Å². The van der Waals surface area contributed by atoms with Gasteiger partial charge in [-0.1, -0.05) is 17.7 Å². The minimum atomic E-state index is -3.38. The first-order chi connectivity index (χ1) is 6.06. The Labute approximate surface area is 108 Å². The monoisotopic (exact) mass is 219 g/mol. The summed E-state index contributed by atoms with van der Waals surface area (Å²) in [7, 11) is -3.38. The third-order valence-electron chi connectivity index (χ3n) is 1.61. The van der Waals surface area contributed by atoms with E-state index in [9.17, 15) is 8.42 Å². The minimum Gasteiger partial charge on any atom is -1.00 e. The van der Waals surface area contributed by atoms with Crippen molar-refractivity contribution in [3.8, 4) is 0 Å². The fourth-order valence-electron chi connectivity index (χ4n) is 0.905. The van der Waals surface area contributed by atoms with Crippen molar-refractivity contribution < 1.29 is 39.4 Å². The zero-order valence-electron chi connectivity index (χ0n) is 9.19. The van der Waals surface area contributed by atoms with E-state index >= 15 is 0 Å². The van der Waals surface area contributed by atoms with Crippen LogP contribution >= 0.6 is 0 Å². The number of nitrogens with zero attached hydrogens (tertiary/aromatic N) is 1. The Morgan fingerprint density at radius 3 is 2.29 bits per heavy atom. The van der Waals surface area contributed by atoms with Gasteiger partial charge in [-0.25, -0.2) is 15.0 Å². The average Bonchev–Trinajstić information content (AvgIpc) is 2.05. The van der Waals surface area contributed by atoms with Crippen molar-refractivity contribution in [1.82, 2.24) is 0 Å². The number of aryl methyl sites for hydroxylation is 1. The van der Waals surface area contributed by atoms with Crippen LogP contribution in [-0.4, -0.2) is 14.3 Å². The summed E-state index contributed by atoms with van der Waals surface area (Å²) in [6.07, 6.45) is 0. The summed E-state index contributed by atoms with van der Waals surface area (Å²) in [6, 6.07) is 6.49. The second kappa shape index (κ2) is 5.52. The minimum absolute atomic E-state index is 0. The molecule has 0 amide bonds. The first-order valence-electron chi connectivity index (χ1n) is 3.69. The molecule has 0 unspecified atom stereocenters. The molecule has 3 nitrogen and oxygen atoms in total. The molecular weight excluding hydrogens is 209 g/mol. The maximum atomic E-state index is 11.3. The summed E-state index contributed by atoms with van der Waals surface area (Å²) < 4.78 is 22.7. The van der Waals surface area contributed by atoms with Gasteiger partial charge < -0.3 is 1.43 Å². The zero-order valence-corrected chi connectivity index (χ0v) is 11.0. The SMILES string of the molecule is [C-]#[N+]CS(=O)(=O)c1ccc(C)cc1.[H-].[Na+]. The molecule has 0 fully saturated rings. The molecule has 0 N–H and O–H groups in total. The molecule has 0 saturated heterocycles. The molecule has 0 spiro atoms. The van der Waals surface area contributed by atoms with Crippen molar-refractivity contribution in [3.05, 3.63) is 41.2 Å². The molecule has 0 aliphatic heterocycles. The van der Waals surface area contributed by atoms with Crippen molar-refractivity contribution in [2.75, 3.05) is 5.88 Å². The quantitative estimate of drug-likeness (QED) is 0.461. The van der Waals surface area contributed by atoms with Crippen LogP contribution in [-0.2, 0) is 9.84 Å². The van der Waals surface area contributed by atoms with E-state index < -0.39 is 15.7 Å². The van der Waals surface area contributed by atoms with E-state index in [0.717, 1.165) is 5.56 Å². The number of hydrogen-bond donors (Lipinski definition) is 0. The van der Waals surface area contributed by atoms with E-state index in [-0.39, 0.29) is 35.9 Å². The molecule has 0 aliphatic carbocycles. The largest absolute Gasteiger partial charge is 1.00 e. The van der Waals surface area contributed by atoms with E-state index in [1.165, 1.54) is 12.1 Å². The van der Waals surface area contributed by atoms with Crippen LogP contribution in [0.25, 0.3) is 4.85 Å². The van der Waals surface area contributed by atoms with E-state index in [4.69, 9.17) is 6.57 Å². The van der Waals surface area contributed by atoms with Gasteiger partial charge in [-0.05, 0) is 19.1 Å². The molecular formula is C9H10NNaO2S. The standard InChI is InChI=1S/C9H9NO2S.Na.H/c1-8-3-5-9(6-4-8)13(11,12)7-10-2;;/h3-6H,7H2,1H3;;/q;+1;-1. The van der Waals surface area contributed by atoms with Gasteiger partial charge in [0.25, 0.3) is 9.84 Å². The Kier molecular flexibility index (Phi) is 5.38. The maximum absolute atomic E-state index is 11.3. The normalized spacial score (nSPS) is 10.0. The summed E-state index contributed by atoms with van der Waals surface area (Å²) in [6.45, 7) is 8.38. The van der Waals surface area contributed by atoms with E-state index in [1.54, 1.807) is 12.1 Å². The molecule has 0 atom stereocenters. The van der Waals surface area contributed by atoms with Gasteiger partial charge in [0.1, 0.15) is 0 Å². The smallest absolute Gasteiger partial charge is 1.00 e. The Hall–Kier alpha value is -0.340. The van der Waals surface area contributed by atoms with E-state index in [0.29, 0.717) is 0 Å². The fourth-order valence-corrected chi connectivity index (χ4v) is 1.77. The van der Waals surface area contributed by atoms with Crippen LogP contribution in [0.5, 0.6) is 0 Å². The molecule has 0 radical (unpaired) electrons. The first kappa shape index (κ1) is 13.7. The molecule has 14 heavy (non-hydrogen) atoms. The predicted molar refractivity (Wildman–Crippen MR) is 50.9 cm³/mol. The Morgan fingerprint density at radius 2 is 1.86 bits per heavy atom. The van der Waals surface area contributed by atoms with Gasteiger partial charge >= 0.3 is 35.4 Å². The predicted octanol–water partition coefficient (Wildman–Crippen LogP) is -1.24. The van der Waals surface area contributed by atoms with Crippen molar-refractivity contribution in [2.24, 2.45) is 0 Å². The molecule has 0 aromatic heterocycles. The summed E-state index contributed by atoms with van der Waals surface area (Å²) in [5.41, 5.74) is 1.00.